The van der Waals surface area contributed by atoms with Gasteiger partial charge in [0.1, 0.15) is 55.3 Å². The second-order valence-corrected chi connectivity index (χ2v) is 11.7. The van der Waals surface area contributed by atoms with Crippen LogP contribution in [0.25, 0.3) is 0 Å². The lowest BCUT2D eigenvalue weighted by Crippen LogP contribution is -2.56. The molecule has 1 aliphatic rings. The van der Waals surface area contributed by atoms with Gasteiger partial charge in [0.05, 0.1) is 12.8 Å². The molecular formula is C30H51N3O11. The molecule has 1 aliphatic heterocycles. The summed E-state index contributed by atoms with van der Waals surface area (Å²) in [5.41, 5.74) is -1.32. The van der Waals surface area contributed by atoms with Gasteiger partial charge in [0.2, 0.25) is 0 Å². The van der Waals surface area contributed by atoms with Gasteiger partial charge in [0.25, 0.3) is 0 Å². The van der Waals surface area contributed by atoms with Gasteiger partial charge in [-0.05, 0) is 19.8 Å². The van der Waals surface area contributed by atoms with Crippen LogP contribution in [0.1, 0.15) is 110 Å². The molecule has 0 aliphatic carbocycles. The fourth-order valence-electron chi connectivity index (χ4n) is 4.65. The molecule has 1 saturated heterocycles. The number of esters is 3. The Kier molecular flexibility index (Phi) is 16.8. The smallest absolute Gasteiger partial charge is 0.319 e. The Morgan fingerprint density at radius 2 is 1.39 bits per heavy atom. The average molecular weight is 630 g/mol. The minimum atomic E-state index is -1.60. The van der Waals surface area contributed by atoms with Crippen molar-refractivity contribution < 1.29 is 53.8 Å². The van der Waals surface area contributed by atoms with Crippen molar-refractivity contribution in [2.24, 2.45) is 5.41 Å². The van der Waals surface area contributed by atoms with Gasteiger partial charge in [0, 0.05) is 12.8 Å². The molecule has 0 aromatic carbocycles. The molecule has 252 valence electrons. The zero-order chi connectivity index (χ0) is 32.5. The molecule has 1 aromatic heterocycles. The second kappa shape index (κ2) is 19.7. The molecule has 0 saturated carbocycles. The van der Waals surface area contributed by atoms with E-state index in [1.807, 2.05) is 0 Å². The summed E-state index contributed by atoms with van der Waals surface area (Å²) in [5.74, 6) is -1.69. The van der Waals surface area contributed by atoms with Crippen molar-refractivity contribution in [2.45, 2.75) is 135 Å². The van der Waals surface area contributed by atoms with Gasteiger partial charge < -0.3 is 39.4 Å². The van der Waals surface area contributed by atoms with Crippen molar-refractivity contribution in [1.82, 2.24) is 15.0 Å². The molecule has 0 radical (unpaired) electrons. The van der Waals surface area contributed by atoms with Crippen LogP contribution in [0.5, 0.6) is 0 Å². The number of carbonyl (C=O) groups is 3. The highest BCUT2D eigenvalue weighted by Gasteiger charge is 2.45. The fraction of sp³-hybridized carbons (Fsp3) is 0.833. The number of hydrogen-bond donors (Lipinski definition) is 4. The number of unbranched alkanes of at least 4 members (excludes halogenated alkanes) is 8. The summed E-state index contributed by atoms with van der Waals surface area (Å²) in [4.78, 5) is 38.0. The van der Waals surface area contributed by atoms with E-state index in [4.69, 9.17) is 18.9 Å². The molecule has 4 N–H and O–H groups in total. The molecule has 5 atom stereocenters. The largest absolute Gasteiger partial charge is 0.464 e. The lowest BCUT2D eigenvalue weighted by atomic mass is 9.93. The number of hydrogen-bond acceptors (Lipinski definition) is 13. The molecule has 2 rings (SSSR count). The highest BCUT2D eigenvalue weighted by atomic mass is 16.6. The topological polar surface area (TPSA) is 200 Å². The van der Waals surface area contributed by atoms with E-state index in [-0.39, 0.29) is 38.4 Å². The number of aliphatic hydroxyl groups is 4. The molecule has 0 amide bonds. The van der Waals surface area contributed by atoms with Crippen molar-refractivity contribution in [3.05, 3.63) is 11.9 Å². The van der Waals surface area contributed by atoms with Crippen LogP contribution in [-0.4, -0.2) is 97.6 Å². The maximum Gasteiger partial charge on any atom is 0.319 e. The van der Waals surface area contributed by atoms with Crippen LogP contribution in [-0.2, 0) is 39.9 Å². The standard InChI is InChI=1S/C30H51N3O11/c1-4-6-8-10-12-14-23(35)42-19-30(3,20-43-24(36)15-13-11-9-7-5-2)29(40)41-18-21-16-33(32-31-21)28-27(39)26(38)25(37)22(17-34)44-28/h16,22,25-28,34,37-39H,4-15,17-20H2,1-3H3/t22-,25-,26+,27-,28-/m1/s1. The first-order valence-corrected chi connectivity index (χ1v) is 15.8. The lowest BCUT2D eigenvalue weighted by molar-refractivity contribution is -0.254. The van der Waals surface area contributed by atoms with E-state index < -0.39 is 60.6 Å². The van der Waals surface area contributed by atoms with E-state index in [2.05, 4.69) is 24.2 Å². The number of carbonyl (C=O) groups excluding carboxylic acids is 3. The number of ether oxygens (including phenoxy) is 4. The van der Waals surface area contributed by atoms with Gasteiger partial charge in [-0.1, -0.05) is 70.4 Å². The fourth-order valence-corrected chi connectivity index (χ4v) is 4.65. The first kappa shape index (κ1) is 37.5. The quantitative estimate of drug-likeness (QED) is 0.0876. The third-order valence-electron chi connectivity index (χ3n) is 7.60. The molecular weight excluding hydrogens is 578 g/mol. The van der Waals surface area contributed by atoms with Gasteiger partial charge in [-0.15, -0.1) is 5.10 Å². The van der Waals surface area contributed by atoms with E-state index in [0.717, 1.165) is 56.0 Å². The molecule has 1 fully saturated rings. The van der Waals surface area contributed by atoms with Crippen LogP contribution in [0, 0.1) is 5.41 Å². The zero-order valence-corrected chi connectivity index (χ0v) is 26.3. The van der Waals surface area contributed by atoms with Crippen LogP contribution in [0.4, 0.5) is 0 Å². The first-order chi connectivity index (χ1) is 21.1. The number of aromatic nitrogens is 3. The van der Waals surface area contributed by atoms with Gasteiger partial charge in [0.15, 0.2) is 6.23 Å². The summed E-state index contributed by atoms with van der Waals surface area (Å²) in [7, 11) is 0. The minimum Gasteiger partial charge on any atom is -0.464 e. The molecule has 14 nitrogen and oxygen atoms in total. The van der Waals surface area contributed by atoms with Crippen LogP contribution in [0.15, 0.2) is 6.20 Å². The average Bonchev–Trinajstić information content (AvgIpc) is 3.49. The third-order valence-corrected chi connectivity index (χ3v) is 7.60. The maximum absolute atomic E-state index is 13.2. The second-order valence-electron chi connectivity index (χ2n) is 11.7. The van der Waals surface area contributed by atoms with Crippen LogP contribution < -0.4 is 0 Å². The summed E-state index contributed by atoms with van der Waals surface area (Å²) in [6.45, 7) is 4.05. The van der Waals surface area contributed by atoms with Crippen LogP contribution >= 0.6 is 0 Å². The van der Waals surface area contributed by atoms with E-state index in [0.29, 0.717) is 12.8 Å². The van der Waals surface area contributed by atoms with Crippen LogP contribution in [0.2, 0.25) is 0 Å². The normalized spacial score (nSPS) is 22.0. The molecule has 14 heteroatoms. The lowest BCUT2D eigenvalue weighted by Gasteiger charge is -2.39. The Morgan fingerprint density at radius 1 is 0.841 bits per heavy atom. The van der Waals surface area contributed by atoms with E-state index in [1.165, 1.54) is 13.1 Å². The highest BCUT2D eigenvalue weighted by Crippen LogP contribution is 2.28. The van der Waals surface area contributed by atoms with Crippen molar-refractivity contribution in [3.63, 3.8) is 0 Å². The molecule has 2 heterocycles. The third kappa shape index (κ3) is 12.0. The SMILES string of the molecule is CCCCCCCC(=O)OCC(C)(COC(=O)CCCCCCC)C(=O)OCc1cn([C@@H]2O[C@H](CO)[C@@H](O)[C@H](O)[C@H]2O)nn1. The minimum absolute atomic E-state index is 0.158. The summed E-state index contributed by atoms with van der Waals surface area (Å²) in [5, 5.41) is 47.5. The van der Waals surface area contributed by atoms with Crippen molar-refractivity contribution >= 4 is 17.9 Å². The van der Waals surface area contributed by atoms with Gasteiger partial charge >= 0.3 is 17.9 Å². The first-order valence-electron chi connectivity index (χ1n) is 15.8. The number of aliphatic hydroxyl groups excluding tert-OH is 4. The zero-order valence-electron chi connectivity index (χ0n) is 26.3. The van der Waals surface area contributed by atoms with Crippen molar-refractivity contribution in [3.8, 4) is 0 Å². The van der Waals surface area contributed by atoms with E-state index in [1.54, 1.807) is 0 Å². The Balaban J connectivity index is 1.99. The van der Waals surface area contributed by atoms with Crippen molar-refractivity contribution in [2.75, 3.05) is 19.8 Å². The van der Waals surface area contributed by atoms with Gasteiger partial charge in [-0.25, -0.2) is 4.68 Å². The molecule has 44 heavy (non-hydrogen) atoms. The molecule has 0 spiro atoms. The summed E-state index contributed by atoms with van der Waals surface area (Å²) in [6.07, 6.45) is 4.24. The maximum atomic E-state index is 13.2. The van der Waals surface area contributed by atoms with Gasteiger partial charge in [-0.3, -0.25) is 14.4 Å². The molecule has 1 aromatic rings. The number of rotatable bonds is 21. The Hall–Kier alpha value is -2.65. The summed E-state index contributed by atoms with van der Waals surface area (Å²) >= 11 is 0. The van der Waals surface area contributed by atoms with Crippen LogP contribution in [0.3, 0.4) is 0 Å². The Bertz CT molecular complexity index is 973. The predicted molar refractivity (Wildman–Crippen MR) is 156 cm³/mol. The predicted octanol–water partition coefficient (Wildman–Crippen LogP) is 2.11. The van der Waals surface area contributed by atoms with Gasteiger partial charge in [-0.2, -0.15) is 0 Å². The molecule has 0 bridgehead atoms. The monoisotopic (exact) mass is 629 g/mol. The number of nitrogens with zero attached hydrogens (tertiary/aromatic N) is 3. The Labute approximate surface area is 259 Å². The molecule has 0 unspecified atom stereocenters. The van der Waals surface area contributed by atoms with E-state index in [9.17, 15) is 34.8 Å². The van der Waals surface area contributed by atoms with Crippen molar-refractivity contribution in [1.29, 1.82) is 0 Å². The summed E-state index contributed by atoms with van der Waals surface area (Å²) in [6, 6.07) is 0. The highest BCUT2D eigenvalue weighted by molar-refractivity contribution is 5.78. The summed E-state index contributed by atoms with van der Waals surface area (Å²) < 4.78 is 22.8. The van der Waals surface area contributed by atoms with E-state index >= 15 is 0 Å². The Morgan fingerprint density at radius 3 is 1.91 bits per heavy atom.